The Morgan fingerprint density at radius 1 is 1.43 bits per heavy atom. The van der Waals surface area contributed by atoms with Crippen molar-refractivity contribution in [2.45, 2.75) is 57.7 Å². The molecule has 0 unspecified atom stereocenters. The van der Waals surface area contributed by atoms with Crippen molar-refractivity contribution in [3.05, 3.63) is 23.9 Å². The molecule has 1 aromatic heterocycles. The van der Waals surface area contributed by atoms with Gasteiger partial charge in [0.1, 0.15) is 18.0 Å². The maximum absolute atomic E-state index is 13.9. The monoisotopic (exact) mass is 413 g/mol. The van der Waals surface area contributed by atoms with E-state index >= 15 is 0 Å². The fourth-order valence-corrected chi connectivity index (χ4v) is 2.40. The molecule has 0 bridgehead atoms. The first-order valence-electron chi connectivity index (χ1n) is 9.28. The Morgan fingerprint density at radius 2 is 2.07 bits per heavy atom. The molecule has 1 aliphatic rings. The topological polar surface area (TPSA) is 63.7 Å². The molecule has 2 atom stereocenters. The lowest BCUT2D eigenvalue weighted by Crippen LogP contribution is -2.61. The molecule has 11 heteroatoms. The normalized spacial score (nSPS) is 24.2. The van der Waals surface area contributed by atoms with Crippen LogP contribution in [0.5, 0.6) is 0 Å². The van der Waals surface area contributed by atoms with Crippen molar-refractivity contribution in [1.82, 2.24) is 9.88 Å². The molecule has 6 nitrogen and oxygen atoms in total. The van der Waals surface area contributed by atoms with Gasteiger partial charge in [-0.3, -0.25) is 4.90 Å². The number of amides is 1. The van der Waals surface area contributed by atoms with Gasteiger partial charge in [-0.15, -0.1) is 0 Å². The minimum Gasteiger partial charge on any atom is -0.444 e. The highest BCUT2D eigenvalue weighted by atomic mass is 19.4. The van der Waals surface area contributed by atoms with Crippen LogP contribution in [0.3, 0.4) is 0 Å². The SMILES string of the molecule is [2H]C([2H])(Nc1ccc(C(F)(F)F)cn1)[C@@H]1[C@H](C)OC(F)(F)CN1C(=O)OC(C)(C)C. The van der Waals surface area contributed by atoms with Crippen molar-refractivity contribution in [2.24, 2.45) is 0 Å². The molecular formula is C17H22F5N3O3. The molecule has 1 fully saturated rings. The van der Waals surface area contributed by atoms with Gasteiger partial charge < -0.3 is 14.8 Å². The zero-order valence-corrected chi connectivity index (χ0v) is 15.6. The Morgan fingerprint density at radius 3 is 2.57 bits per heavy atom. The summed E-state index contributed by atoms with van der Waals surface area (Å²) in [7, 11) is 0. The highest BCUT2D eigenvalue weighted by Gasteiger charge is 2.48. The third-order valence-electron chi connectivity index (χ3n) is 3.56. The fraction of sp³-hybridized carbons (Fsp3) is 0.647. The van der Waals surface area contributed by atoms with Crippen LogP contribution in [-0.4, -0.2) is 52.9 Å². The molecular weight excluding hydrogens is 389 g/mol. The van der Waals surface area contributed by atoms with Crippen molar-refractivity contribution in [3.63, 3.8) is 0 Å². The molecule has 1 aromatic rings. The van der Waals surface area contributed by atoms with Gasteiger partial charge in [-0.05, 0) is 39.8 Å². The summed E-state index contributed by atoms with van der Waals surface area (Å²) in [5.41, 5.74) is -2.08. The van der Waals surface area contributed by atoms with Crippen molar-refractivity contribution in [3.8, 4) is 0 Å². The summed E-state index contributed by atoms with van der Waals surface area (Å²) in [6.07, 6.45) is -10.5. The summed E-state index contributed by atoms with van der Waals surface area (Å²) < 4.78 is 92.0. The van der Waals surface area contributed by atoms with Crippen LogP contribution in [-0.2, 0) is 15.7 Å². The predicted molar refractivity (Wildman–Crippen MR) is 90.0 cm³/mol. The van der Waals surface area contributed by atoms with E-state index in [1.165, 1.54) is 20.8 Å². The van der Waals surface area contributed by atoms with E-state index in [9.17, 15) is 26.7 Å². The quantitative estimate of drug-likeness (QED) is 0.755. The first kappa shape index (κ1) is 19.2. The summed E-state index contributed by atoms with van der Waals surface area (Å²) in [5, 5.41) is 2.25. The van der Waals surface area contributed by atoms with Crippen LogP contribution in [0.1, 0.15) is 36.0 Å². The largest absolute Gasteiger partial charge is 0.444 e. The molecule has 0 aromatic carbocycles. The van der Waals surface area contributed by atoms with Gasteiger partial charge in [0.15, 0.2) is 0 Å². The van der Waals surface area contributed by atoms with Crippen LogP contribution in [0.15, 0.2) is 18.3 Å². The lowest BCUT2D eigenvalue weighted by molar-refractivity contribution is -0.300. The number of rotatable bonds is 3. The van der Waals surface area contributed by atoms with Crippen molar-refractivity contribution >= 4 is 11.9 Å². The van der Waals surface area contributed by atoms with Gasteiger partial charge >= 0.3 is 18.4 Å². The van der Waals surface area contributed by atoms with Gasteiger partial charge in [-0.25, -0.2) is 9.78 Å². The average molecular weight is 413 g/mol. The number of halogens is 5. The minimum atomic E-state index is -4.63. The van der Waals surface area contributed by atoms with E-state index in [-0.39, 0.29) is 5.82 Å². The zero-order chi connectivity index (χ0) is 23.1. The number of hydrogen-bond donors (Lipinski definition) is 1. The first-order valence-corrected chi connectivity index (χ1v) is 8.28. The number of carbonyl (C=O) groups is 1. The van der Waals surface area contributed by atoms with Gasteiger partial charge in [-0.2, -0.15) is 22.0 Å². The van der Waals surface area contributed by atoms with Gasteiger partial charge in [0.25, 0.3) is 0 Å². The number of carbonyl (C=O) groups excluding carboxylic acids is 1. The fourth-order valence-electron chi connectivity index (χ4n) is 2.40. The molecule has 0 aliphatic carbocycles. The second-order valence-electron chi connectivity index (χ2n) is 7.21. The van der Waals surface area contributed by atoms with Crippen LogP contribution < -0.4 is 5.32 Å². The number of hydrogen-bond acceptors (Lipinski definition) is 5. The van der Waals surface area contributed by atoms with Crippen LogP contribution in [0.2, 0.25) is 0 Å². The highest BCUT2D eigenvalue weighted by molar-refractivity contribution is 5.69. The van der Waals surface area contributed by atoms with E-state index in [1.807, 2.05) is 0 Å². The zero-order valence-electron chi connectivity index (χ0n) is 17.6. The molecule has 158 valence electrons. The maximum Gasteiger partial charge on any atom is 0.417 e. The summed E-state index contributed by atoms with van der Waals surface area (Å²) in [6.45, 7) is 1.82. The number of nitrogens with one attached hydrogen (secondary N) is 1. The number of alkyl halides is 5. The summed E-state index contributed by atoms with van der Waals surface area (Å²) in [5.74, 6) is -0.290. The van der Waals surface area contributed by atoms with E-state index < -0.39 is 54.7 Å². The molecule has 1 saturated heterocycles. The van der Waals surface area contributed by atoms with Gasteiger partial charge in [-0.1, -0.05) is 0 Å². The van der Waals surface area contributed by atoms with E-state index in [4.69, 9.17) is 7.48 Å². The summed E-state index contributed by atoms with van der Waals surface area (Å²) in [6, 6.07) is -0.0241. The molecule has 28 heavy (non-hydrogen) atoms. The third kappa shape index (κ3) is 5.91. The Balaban J connectivity index is 2.31. The van der Waals surface area contributed by atoms with E-state index in [0.717, 1.165) is 13.0 Å². The van der Waals surface area contributed by atoms with E-state index in [0.29, 0.717) is 17.2 Å². The Labute approximate surface area is 161 Å². The van der Waals surface area contributed by atoms with Crippen LogP contribution in [0, 0.1) is 0 Å². The van der Waals surface area contributed by atoms with Gasteiger partial charge in [0.05, 0.1) is 20.5 Å². The Bertz CT molecular complexity index is 769. The molecule has 0 saturated carbocycles. The van der Waals surface area contributed by atoms with Crippen molar-refractivity contribution in [1.29, 1.82) is 0 Å². The van der Waals surface area contributed by atoms with Crippen LogP contribution >= 0.6 is 0 Å². The number of aromatic nitrogens is 1. The molecule has 2 rings (SSSR count). The average Bonchev–Trinajstić information content (AvgIpc) is 2.50. The molecule has 2 heterocycles. The lowest BCUT2D eigenvalue weighted by atomic mass is 10.1. The Kier molecular flexibility index (Phi) is 5.26. The molecule has 1 amide bonds. The second kappa shape index (κ2) is 7.69. The van der Waals surface area contributed by atoms with E-state index in [1.54, 1.807) is 0 Å². The van der Waals surface area contributed by atoms with Crippen molar-refractivity contribution in [2.75, 3.05) is 18.4 Å². The number of anilines is 1. The summed E-state index contributed by atoms with van der Waals surface area (Å²) in [4.78, 5) is 16.5. The van der Waals surface area contributed by atoms with Gasteiger partial charge in [0, 0.05) is 12.7 Å². The van der Waals surface area contributed by atoms with Crippen LogP contribution in [0.25, 0.3) is 0 Å². The molecule has 0 spiro atoms. The van der Waals surface area contributed by atoms with Crippen LogP contribution in [0.4, 0.5) is 32.6 Å². The summed E-state index contributed by atoms with van der Waals surface area (Å²) >= 11 is 0. The van der Waals surface area contributed by atoms with E-state index in [2.05, 4.69) is 15.0 Å². The minimum absolute atomic E-state index is 0.290. The number of nitrogens with zero attached hydrogens (tertiary/aromatic N) is 2. The van der Waals surface area contributed by atoms with Gasteiger partial charge in [0.2, 0.25) is 0 Å². The number of pyridine rings is 1. The number of morpholine rings is 1. The first-order chi connectivity index (χ1) is 13.4. The standard InChI is InChI=1S/C17H22F5N3O3/c1-10-12(8-24-13-6-5-11(7-23-13)17(20,21)22)25(9-16(18,19)27-10)14(26)28-15(2,3)4/h5-7,10,12H,8-9H2,1-4H3,(H,23,24)/t10-,12+/m0/s1/i8D2. The van der Waals surface area contributed by atoms with Crippen molar-refractivity contribution < 1.29 is 39.0 Å². The molecule has 1 aliphatic heterocycles. The maximum atomic E-state index is 13.9. The lowest BCUT2D eigenvalue weighted by Gasteiger charge is -2.43. The smallest absolute Gasteiger partial charge is 0.417 e. The second-order valence-corrected chi connectivity index (χ2v) is 7.21. The highest BCUT2D eigenvalue weighted by Crippen LogP contribution is 2.31. The Hall–Kier alpha value is -2.17. The molecule has 0 radical (unpaired) electrons. The third-order valence-corrected chi connectivity index (χ3v) is 3.56. The molecule has 1 N–H and O–H groups in total. The number of ether oxygens (including phenoxy) is 2. The predicted octanol–water partition coefficient (Wildman–Crippen LogP) is 4.13.